The van der Waals surface area contributed by atoms with E-state index in [0.29, 0.717) is 19.6 Å². The van der Waals surface area contributed by atoms with Gasteiger partial charge in [0.15, 0.2) is 0 Å². The van der Waals surface area contributed by atoms with Gasteiger partial charge in [-0.2, -0.15) is 0 Å². The Morgan fingerprint density at radius 1 is 1.20 bits per heavy atom. The highest BCUT2D eigenvalue weighted by Gasteiger charge is 2.54. The van der Waals surface area contributed by atoms with Gasteiger partial charge >= 0.3 is 0 Å². The van der Waals surface area contributed by atoms with Crippen molar-refractivity contribution in [3.8, 4) is 0 Å². The number of carbonyl (C=O) groups is 1. The molecule has 1 amide bonds. The van der Waals surface area contributed by atoms with E-state index in [9.17, 15) is 20.0 Å². The number of quaternary nitrogens is 1. The number of carbonyl (C=O) groups excluding carboxylic acids is 1. The zero-order valence-corrected chi connectivity index (χ0v) is 15.6. The van der Waals surface area contributed by atoms with E-state index in [-0.39, 0.29) is 22.3 Å². The number of rotatable bonds is 3. The van der Waals surface area contributed by atoms with Gasteiger partial charge in [-0.1, -0.05) is 12.1 Å². The smallest absolute Gasteiger partial charge is 0.269 e. The Labute approximate surface area is 148 Å². The highest BCUT2D eigenvalue weighted by Crippen LogP contribution is 2.36. The molecule has 138 valence electrons. The first kappa shape index (κ1) is 19.3. The van der Waals surface area contributed by atoms with Crippen LogP contribution in [-0.4, -0.2) is 51.1 Å². The Bertz CT molecular complexity index is 639. The zero-order chi connectivity index (χ0) is 19.0. The Hall–Kier alpha value is -1.99. The monoisotopic (exact) mass is 349 g/mol. The number of nitro groups is 1. The Morgan fingerprint density at radius 3 is 2.04 bits per heavy atom. The fraction of sp³-hybridized carbons (Fsp3) is 0.611. The summed E-state index contributed by atoms with van der Waals surface area (Å²) in [5.74, 6) is 0. The quantitative estimate of drug-likeness (QED) is 0.474. The van der Waals surface area contributed by atoms with Crippen molar-refractivity contribution in [1.82, 2.24) is 4.90 Å². The van der Waals surface area contributed by atoms with Gasteiger partial charge < -0.3 is 9.90 Å². The van der Waals surface area contributed by atoms with Gasteiger partial charge in [0.2, 0.25) is 0 Å². The third-order valence-corrected chi connectivity index (χ3v) is 5.40. The molecule has 1 aliphatic rings. The summed E-state index contributed by atoms with van der Waals surface area (Å²) in [6, 6.07) is 6.28. The molecule has 0 aliphatic carbocycles. The normalized spacial score (nSPS) is 27.9. The summed E-state index contributed by atoms with van der Waals surface area (Å²) in [7, 11) is 0. The van der Waals surface area contributed by atoms with Crippen LogP contribution in [0.2, 0.25) is 0 Å². The van der Waals surface area contributed by atoms with Crippen molar-refractivity contribution in [2.75, 3.05) is 13.1 Å². The summed E-state index contributed by atoms with van der Waals surface area (Å²) in [5.41, 5.74) is 0.593. The molecular weight excluding hydrogens is 322 g/mol. The molecule has 2 rings (SSSR count). The van der Waals surface area contributed by atoms with E-state index in [4.69, 9.17) is 0 Å². The summed E-state index contributed by atoms with van der Waals surface area (Å²) < 4.78 is -0.0657. The fourth-order valence-electron chi connectivity index (χ4n) is 4.58. The van der Waals surface area contributed by atoms with Crippen LogP contribution in [0.1, 0.15) is 40.2 Å². The molecule has 0 saturated carbocycles. The van der Waals surface area contributed by atoms with Gasteiger partial charge in [0.1, 0.15) is 12.1 Å². The van der Waals surface area contributed by atoms with Gasteiger partial charge in [0.25, 0.3) is 11.8 Å². The summed E-state index contributed by atoms with van der Waals surface area (Å²) in [4.78, 5) is 24.6. The number of benzene rings is 1. The van der Waals surface area contributed by atoms with E-state index >= 15 is 0 Å². The Balaban J connectivity index is 2.19. The molecule has 0 spiro atoms. The van der Waals surface area contributed by atoms with Crippen LogP contribution in [0, 0.1) is 10.1 Å². The van der Waals surface area contributed by atoms with E-state index in [0.717, 1.165) is 5.56 Å². The maximum Gasteiger partial charge on any atom is 0.269 e. The summed E-state index contributed by atoms with van der Waals surface area (Å²) in [6.45, 7) is 11.7. The molecule has 1 fully saturated rings. The first-order valence-electron chi connectivity index (χ1n) is 8.56. The lowest BCUT2D eigenvalue weighted by Crippen LogP contribution is -2.79. The first-order valence-corrected chi connectivity index (χ1v) is 8.56. The fourth-order valence-corrected chi connectivity index (χ4v) is 4.58. The molecular formula is C18H27N3O4. The number of piperazine rings is 1. The van der Waals surface area contributed by atoms with E-state index < -0.39 is 16.6 Å². The average molecular weight is 349 g/mol. The first-order chi connectivity index (χ1) is 11.5. The maximum absolute atomic E-state index is 12.1. The molecule has 1 saturated heterocycles. The lowest BCUT2D eigenvalue weighted by Gasteiger charge is -2.59. The molecule has 7 nitrogen and oxygen atoms in total. The van der Waals surface area contributed by atoms with E-state index in [1.165, 1.54) is 12.1 Å². The van der Waals surface area contributed by atoms with E-state index in [1.807, 2.05) is 34.6 Å². The lowest BCUT2D eigenvalue weighted by atomic mass is 9.91. The molecule has 25 heavy (non-hydrogen) atoms. The highest BCUT2D eigenvalue weighted by molar-refractivity contribution is 5.55. The van der Waals surface area contributed by atoms with E-state index in [2.05, 4.69) is 4.90 Å². The van der Waals surface area contributed by atoms with Crippen molar-refractivity contribution >= 4 is 11.8 Å². The van der Waals surface area contributed by atoms with Gasteiger partial charge in [0, 0.05) is 18.7 Å². The molecule has 7 heteroatoms. The van der Waals surface area contributed by atoms with Crippen molar-refractivity contribution < 1.29 is 19.3 Å². The molecule has 0 aromatic heterocycles. The van der Waals surface area contributed by atoms with Crippen molar-refractivity contribution in [1.29, 1.82) is 0 Å². The lowest BCUT2D eigenvalue weighted by molar-refractivity contribution is -0.963. The van der Waals surface area contributed by atoms with E-state index in [1.54, 1.807) is 12.1 Å². The van der Waals surface area contributed by atoms with Crippen LogP contribution in [0.5, 0.6) is 0 Å². The number of nitrogens with zero attached hydrogens (tertiary/aromatic N) is 3. The SMILES string of the molecule is C[C@@H]1CN(Cc2ccc([N+](=O)[O-])cc2)C[C@H](C)[N+]1(C(=O)[O-])C(C)(C)C. The predicted octanol–water partition coefficient (Wildman–Crippen LogP) is 2.15. The van der Waals surface area contributed by atoms with Crippen LogP contribution in [0.15, 0.2) is 24.3 Å². The number of hydrogen-bond acceptors (Lipinski definition) is 5. The number of carboxylic acid groups (broad SMARTS) is 1. The largest absolute Gasteiger partial charge is 0.498 e. The maximum atomic E-state index is 12.1. The van der Waals surface area contributed by atoms with Gasteiger partial charge in [-0.05, 0) is 40.2 Å². The standard InChI is InChI=1S/C18H27N3O4/c1-13-10-19(12-15-6-8-16(9-7-15)20(24)25)11-14(2)21(13,17(22)23)18(3,4)5/h6-9,13-14H,10-12H2,1-5H3/t13-,14+,21?. The van der Waals surface area contributed by atoms with Crippen LogP contribution in [0.3, 0.4) is 0 Å². The van der Waals surface area contributed by atoms with Crippen LogP contribution >= 0.6 is 0 Å². The van der Waals surface area contributed by atoms with Gasteiger partial charge in [-0.3, -0.25) is 19.5 Å². The van der Waals surface area contributed by atoms with Crippen molar-refractivity contribution in [3.05, 3.63) is 39.9 Å². The molecule has 1 aromatic rings. The second-order valence-corrected chi connectivity index (χ2v) is 8.03. The topological polar surface area (TPSA) is 86.5 Å². The molecule has 0 bridgehead atoms. The second-order valence-electron chi connectivity index (χ2n) is 8.03. The van der Waals surface area contributed by atoms with Crippen molar-refractivity contribution in [2.45, 2.75) is 58.8 Å². The minimum Gasteiger partial charge on any atom is -0.498 e. The molecule has 1 unspecified atom stereocenters. The van der Waals surface area contributed by atoms with Gasteiger partial charge in [-0.15, -0.1) is 0 Å². The van der Waals surface area contributed by atoms with Crippen LogP contribution in [0.4, 0.5) is 10.5 Å². The minimum atomic E-state index is -1.03. The number of hydrogen-bond donors (Lipinski definition) is 0. The summed E-state index contributed by atoms with van der Waals surface area (Å²) >= 11 is 0. The average Bonchev–Trinajstić information content (AvgIpc) is 2.45. The van der Waals surface area contributed by atoms with Gasteiger partial charge in [0.05, 0.1) is 23.6 Å². The Kier molecular flexibility index (Phi) is 5.20. The molecule has 3 atom stereocenters. The van der Waals surface area contributed by atoms with Crippen LogP contribution in [0.25, 0.3) is 0 Å². The van der Waals surface area contributed by atoms with Crippen molar-refractivity contribution in [2.24, 2.45) is 0 Å². The second kappa shape index (κ2) is 6.72. The summed E-state index contributed by atoms with van der Waals surface area (Å²) in [5, 5.41) is 22.8. The highest BCUT2D eigenvalue weighted by atomic mass is 16.6. The molecule has 1 aromatic carbocycles. The van der Waals surface area contributed by atoms with Gasteiger partial charge in [-0.25, -0.2) is 0 Å². The third kappa shape index (κ3) is 3.39. The van der Waals surface area contributed by atoms with Crippen LogP contribution in [-0.2, 0) is 6.54 Å². The molecule has 0 radical (unpaired) electrons. The molecule has 1 heterocycles. The number of nitro benzene ring substituents is 1. The number of non-ortho nitro benzene ring substituents is 1. The number of amides is 1. The van der Waals surface area contributed by atoms with Crippen LogP contribution < -0.4 is 5.11 Å². The Morgan fingerprint density at radius 2 is 1.68 bits per heavy atom. The third-order valence-electron chi connectivity index (χ3n) is 5.40. The molecule has 1 aliphatic heterocycles. The summed E-state index contributed by atoms with van der Waals surface area (Å²) in [6.07, 6.45) is -1.03. The minimum absolute atomic E-state index is 0.0657. The zero-order valence-electron chi connectivity index (χ0n) is 15.6. The van der Waals surface area contributed by atoms with Crippen molar-refractivity contribution in [3.63, 3.8) is 0 Å². The predicted molar refractivity (Wildman–Crippen MR) is 92.7 cm³/mol. The molecule has 0 N–H and O–H groups in total.